The minimum absolute atomic E-state index is 0.148. The quantitative estimate of drug-likeness (QED) is 0.607. The third-order valence-corrected chi connectivity index (χ3v) is 1.70. The summed E-state index contributed by atoms with van der Waals surface area (Å²) in [7, 11) is 0. The molecular weight excluding hydrogens is 144 g/mol. The number of hydrogen-bond acceptors (Lipinski definition) is 3. The lowest BCUT2D eigenvalue weighted by atomic mass is 10.3. The Balaban J connectivity index is 2.22. The van der Waals surface area contributed by atoms with Crippen LogP contribution < -0.4 is 0 Å². The molecular formula is C8H16O3. The molecule has 0 saturated carbocycles. The Morgan fingerprint density at radius 3 is 3.00 bits per heavy atom. The maximum Gasteiger partial charge on any atom is 0.180 e. The molecule has 0 aromatic rings. The lowest BCUT2D eigenvalue weighted by Gasteiger charge is -2.13. The lowest BCUT2D eigenvalue weighted by molar-refractivity contribution is -0.155. The van der Waals surface area contributed by atoms with Gasteiger partial charge in [0.15, 0.2) is 6.29 Å². The molecule has 1 heterocycles. The molecule has 0 aromatic carbocycles. The second-order valence-electron chi connectivity index (χ2n) is 2.69. The molecule has 0 bridgehead atoms. The zero-order valence-corrected chi connectivity index (χ0v) is 7.21. The molecule has 2 atom stereocenters. The first-order valence-electron chi connectivity index (χ1n) is 4.17. The molecule has 0 N–H and O–H groups in total. The molecule has 1 aliphatic heterocycles. The molecule has 0 radical (unpaired) electrons. The first kappa shape index (κ1) is 8.97. The van der Waals surface area contributed by atoms with E-state index >= 15 is 0 Å². The molecule has 66 valence electrons. The molecule has 3 heteroatoms. The second-order valence-corrected chi connectivity index (χ2v) is 2.69. The Labute approximate surface area is 67.6 Å². The van der Waals surface area contributed by atoms with Gasteiger partial charge in [0.1, 0.15) is 0 Å². The van der Waals surface area contributed by atoms with Gasteiger partial charge in [-0.25, -0.2) is 0 Å². The van der Waals surface area contributed by atoms with Gasteiger partial charge in [0, 0.05) is 6.61 Å². The van der Waals surface area contributed by atoms with Crippen molar-refractivity contribution < 1.29 is 14.2 Å². The summed E-state index contributed by atoms with van der Waals surface area (Å²) in [6, 6.07) is 0. The van der Waals surface area contributed by atoms with E-state index < -0.39 is 0 Å². The van der Waals surface area contributed by atoms with Crippen LogP contribution in [0.25, 0.3) is 0 Å². The van der Waals surface area contributed by atoms with Crippen molar-refractivity contribution in [3.8, 4) is 0 Å². The van der Waals surface area contributed by atoms with Crippen LogP contribution in [-0.2, 0) is 14.2 Å². The number of rotatable bonds is 2. The SMILES string of the molecule is CCOC1COC(C)CCO1. The van der Waals surface area contributed by atoms with Crippen LogP contribution in [0.3, 0.4) is 0 Å². The standard InChI is InChI=1S/C8H16O3/c1-3-9-8-6-11-7(2)4-5-10-8/h7-8H,3-6H2,1-2H3. The fourth-order valence-electron chi connectivity index (χ4n) is 1.02. The highest BCUT2D eigenvalue weighted by Crippen LogP contribution is 2.08. The zero-order chi connectivity index (χ0) is 8.10. The summed E-state index contributed by atoms with van der Waals surface area (Å²) in [4.78, 5) is 0. The summed E-state index contributed by atoms with van der Waals surface area (Å²) in [6.07, 6.45) is 1.12. The minimum atomic E-state index is -0.148. The summed E-state index contributed by atoms with van der Waals surface area (Å²) in [5.41, 5.74) is 0. The van der Waals surface area contributed by atoms with Crippen molar-refractivity contribution in [1.82, 2.24) is 0 Å². The Bertz CT molecular complexity index is 106. The van der Waals surface area contributed by atoms with E-state index in [0.29, 0.717) is 19.3 Å². The molecule has 0 spiro atoms. The largest absolute Gasteiger partial charge is 0.373 e. The third-order valence-electron chi connectivity index (χ3n) is 1.70. The van der Waals surface area contributed by atoms with Crippen molar-refractivity contribution in [1.29, 1.82) is 0 Å². The summed E-state index contributed by atoms with van der Waals surface area (Å²) in [5.74, 6) is 0. The Morgan fingerprint density at radius 1 is 1.45 bits per heavy atom. The molecule has 2 unspecified atom stereocenters. The van der Waals surface area contributed by atoms with Gasteiger partial charge in [-0.15, -0.1) is 0 Å². The average molecular weight is 160 g/mol. The van der Waals surface area contributed by atoms with Crippen LogP contribution in [0.1, 0.15) is 20.3 Å². The van der Waals surface area contributed by atoms with Crippen LogP contribution >= 0.6 is 0 Å². The summed E-state index contributed by atoms with van der Waals surface area (Å²) in [5, 5.41) is 0. The summed E-state index contributed by atoms with van der Waals surface area (Å²) in [6.45, 7) is 6.00. The average Bonchev–Trinajstić information content (AvgIpc) is 2.17. The number of hydrogen-bond donors (Lipinski definition) is 0. The predicted octanol–water partition coefficient (Wildman–Crippen LogP) is 1.17. The fraction of sp³-hybridized carbons (Fsp3) is 1.00. The van der Waals surface area contributed by atoms with Gasteiger partial charge in [-0.3, -0.25) is 0 Å². The highest BCUT2D eigenvalue weighted by molar-refractivity contribution is 4.56. The van der Waals surface area contributed by atoms with E-state index in [2.05, 4.69) is 6.92 Å². The fourth-order valence-corrected chi connectivity index (χ4v) is 1.02. The van der Waals surface area contributed by atoms with Gasteiger partial charge < -0.3 is 14.2 Å². The van der Waals surface area contributed by atoms with Crippen molar-refractivity contribution >= 4 is 0 Å². The van der Waals surface area contributed by atoms with Crippen molar-refractivity contribution in [2.75, 3.05) is 19.8 Å². The Morgan fingerprint density at radius 2 is 2.27 bits per heavy atom. The lowest BCUT2D eigenvalue weighted by Crippen LogP contribution is -2.21. The van der Waals surface area contributed by atoms with Crippen LogP contribution in [0.4, 0.5) is 0 Å². The molecule has 1 aliphatic rings. The monoisotopic (exact) mass is 160 g/mol. The van der Waals surface area contributed by atoms with Crippen LogP contribution in [-0.4, -0.2) is 32.2 Å². The summed E-state index contributed by atoms with van der Waals surface area (Å²) >= 11 is 0. The Hall–Kier alpha value is -0.120. The maximum absolute atomic E-state index is 5.42. The Kier molecular flexibility index (Phi) is 3.83. The zero-order valence-electron chi connectivity index (χ0n) is 7.21. The van der Waals surface area contributed by atoms with Gasteiger partial charge in [-0.05, 0) is 20.3 Å². The number of ether oxygens (including phenoxy) is 3. The topological polar surface area (TPSA) is 27.7 Å². The molecule has 1 fully saturated rings. The van der Waals surface area contributed by atoms with E-state index in [-0.39, 0.29) is 6.29 Å². The molecule has 0 aliphatic carbocycles. The van der Waals surface area contributed by atoms with E-state index in [1.54, 1.807) is 0 Å². The molecule has 11 heavy (non-hydrogen) atoms. The van der Waals surface area contributed by atoms with E-state index in [1.165, 1.54) is 0 Å². The first-order chi connectivity index (χ1) is 5.33. The predicted molar refractivity (Wildman–Crippen MR) is 41.4 cm³/mol. The highest BCUT2D eigenvalue weighted by atomic mass is 16.7. The van der Waals surface area contributed by atoms with Crippen molar-refractivity contribution in [3.63, 3.8) is 0 Å². The van der Waals surface area contributed by atoms with Gasteiger partial charge in [-0.1, -0.05) is 0 Å². The van der Waals surface area contributed by atoms with Crippen molar-refractivity contribution in [2.24, 2.45) is 0 Å². The van der Waals surface area contributed by atoms with E-state index in [4.69, 9.17) is 14.2 Å². The van der Waals surface area contributed by atoms with Crippen LogP contribution in [0.5, 0.6) is 0 Å². The van der Waals surface area contributed by atoms with Gasteiger partial charge >= 0.3 is 0 Å². The second kappa shape index (κ2) is 4.70. The van der Waals surface area contributed by atoms with E-state index in [1.807, 2.05) is 6.92 Å². The van der Waals surface area contributed by atoms with Crippen LogP contribution in [0, 0.1) is 0 Å². The normalized spacial score (nSPS) is 33.3. The summed E-state index contributed by atoms with van der Waals surface area (Å²) < 4.78 is 16.0. The van der Waals surface area contributed by atoms with Gasteiger partial charge in [0.25, 0.3) is 0 Å². The molecule has 3 nitrogen and oxygen atoms in total. The third kappa shape index (κ3) is 3.18. The minimum Gasteiger partial charge on any atom is -0.373 e. The molecule has 1 rings (SSSR count). The van der Waals surface area contributed by atoms with Crippen molar-refractivity contribution in [3.05, 3.63) is 0 Å². The van der Waals surface area contributed by atoms with Crippen LogP contribution in [0.15, 0.2) is 0 Å². The highest BCUT2D eigenvalue weighted by Gasteiger charge is 2.15. The van der Waals surface area contributed by atoms with Gasteiger partial charge in [0.05, 0.1) is 19.3 Å². The van der Waals surface area contributed by atoms with Gasteiger partial charge in [-0.2, -0.15) is 0 Å². The first-order valence-corrected chi connectivity index (χ1v) is 4.17. The smallest absolute Gasteiger partial charge is 0.180 e. The van der Waals surface area contributed by atoms with E-state index in [0.717, 1.165) is 13.0 Å². The molecule has 0 amide bonds. The van der Waals surface area contributed by atoms with Gasteiger partial charge in [0.2, 0.25) is 0 Å². The molecule has 0 aromatic heterocycles. The van der Waals surface area contributed by atoms with Crippen molar-refractivity contribution in [2.45, 2.75) is 32.7 Å². The van der Waals surface area contributed by atoms with E-state index in [9.17, 15) is 0 Å². The van der Waals surface area contributed by atoms with Crippen LogP contribution in [0.2, 0.25) is 0 Å². The maximum atomic E-state index is 5.42. The molecule has 1 saturated heterocycles.